The third kappa shape index (κ3) is 4.75. The number of nitrogens with zero attached hydrogens (tertiary/aromatic N) is 2. The SMILES string of the molecule is CCOc1ccccc1C(=O)N1CCCC1C(=O)NCCCN1C(=O)CCC1=O. The second kappa shape index (κ2) is 9.54. The first kappa shape index (κ1) is 20.8. The minimum atomic E-state index is -0.521. The van der Waals surface area contributed by atoms with Gasteiger partial charge in [0, 0.05) is 32.5 Å². The number of nitrogens with one attached hydrogen (secondary N) is 1. The molecule has 2 heterocycles. The zero-order valence-corrected chi connectivity index (χ0v) is 16.7. The average Bonchev–Trinajstić information content (AvgIpc) is 3.33. The van der Waals surface area contributed by atoms with Gasteiger partial charge in [0.25, 0.3) is 5.91 Å². The molecule has 156 valence electrons. The molecular weight excluding hydrogens is 374 g/mol. The maximum Gasteiger partial charge on any atom is 0.258 e. The molecule has 0 saturated carbocycles. The van der Waals surface area contributed by atoms with E-state index in [-0.39, 0.29) is 36.5 Å². The largest absolute Gasteiger partial charge is 0.493 e. The Labute approximate surface area is 170 Å². The number of rotatable bonds is 8. The standard InChI is InChI=1S/C21H27N3O5/c1-2-29-17-9-4-3-7-15(17)21(28)23-13-5-8-16(23)20(27)22-12-6-14-24-18(25)10-11-19(24)26/h3-4,7,9,16H,2,5-6,8,10-14H2,1H3,(H,22,27). The molecule has 3 rings (SSSR count). The van der Waals surface area contributed by atoms with Gasteiger partial charge in [-0.2, -0.15) is 0 Å². The zero-order valence-electron chi connectivity index (χ0n) is 16.7. The summed E-state index contributed by atoms with van der Waals surface area (Å²) in [6.07, 6.45) is 2.41. The molecular formula is C21H27N3O5. The van der Waals surface area contributed by atoms with Crippen molar-refractivity contribution < 1.29 is 23.9 Å². The average molecular weight is 401 g/mol. The van der Waals surface area contributed by atoms with Crippen molar-refractivity contribution in [3.05, 3.63) is 29.8 Å². The first-order chi connectivity index (χ1) is 14.0. The Bertz CT molecular complexity index is 778. The summed E-state index contributed by atoms with van der Waals surface area (Å²) in [6.45, 7) is 3.50. The Hall–Kier alpha value is -2.90. The van der Waals surface area contributed by atoms with Crippen LogP contribution in [0.3, 0.4) is 0 Å². The van der Waals surface area contributed by atoms with Crippen molar-refractivity contribution in [1.82, 2.24) is 15.1 Å². The highest BCUT2D eigenvalue weighted by Gasteiger charge is 2.35. The van der Waals surface area contributed by atoms with Crippen molar-refractivity contribution in [2.75, 3.05) is 26.2 Å². The van der Waals surface area contributed by atoms with Crippen LogP contribution >= 0.6 is 0 Å². The van der Waals surface area contributed by atoms with E-state index >= 15 is 0 Å². The van der Waals surface area contributed by atoms with Crippen LogP contribution in [0.5, 0.6) is 5.75 Å². The van der Waals surface area contributed by atoms with Crippen LogP contribution in [0.15, 0.2) is 24.3 Å². The highest BCUT2D eigenvalue weighted by atomic mass is 16.5. The lowest BCUT2D eigenvalue weighted by Gasteiger charge is -2.25. The van der Waals surface area contributed by atoms with Gasteiger partial charge in [0.05, 0.1) is 12.2 Å². The van der Waals surface area contributed by atoms with E-state index in [4.69, 9.17) is 4.74 Å². The molecule has 2 aliphatic heterocycles. The quantitative estimate of drug-likeness (QED) is 0.524. The van der Waals surface area contributed by atoms with Gasteiger partial charge in [-0.1, -0.05) is 12.1 Å². The molecule has 1 unspecified atom stereocenters. The molecule has 0 radical (unpaired) electrons. The predicted octanol–water partition coefficient (Wildman–Crippen LogP) is 1.35. The lowest BCUT2D eigenvalue weighted by molar-refractivity contribution is -0.138. The fourth-order valence-corrected chi connectivity index (χ4v) is 3.80. The lowest BCUT2D eigenvalue weighted by atomic mass is 10.1. The molecule has 29 heavy (non-hydrogen) atoms. The lowest BCUT2D eigenvalue weighted by Crippen LogP contribution is -2.46. The van der Waals surface area contributed by atoms with Crippen LogP contribution in [-0.4, -0.2) is 65.7 Å². The summed E-state index contributed by atoms with van der Waals surface area (Å²) in [5, 5.41) is 2.84. The monoisotopic (exact) mass is 401 g/mol. The zero-order chi connectivity index (χ0) is 20.8. The topological polar surface area (TPSA) is 96.0 Å². The van der Waals surface area contributed by atoms with E-state index in [0.29, 0.717) is 50.4 Å². The minimum Gasteiger partial charge on any atom is -0.493 e. The number of carbonyl (C=O) groups is 4. The maximum absolute atomic E-state index is 13.0. The van der Waals surface area contributed by atoms with E-state index in [2.05, 4.69) is 5.32 Å². The highest BCUT2D eigenvalue weighted by Crippen LogP contribution is 2.25. The number of hydrogen-bond donors (Lipinski definition) is 1. The molecule has 8 nitrogen and oxygen atoms in total. The molecule has 2 aliphatic rings. The van der Waals surface area contributed by atoms with Gasteiger partial charge in [-0.05, 0) is 38.3 Å². The summed E-state index contributed by atoms with van der Waals surface area (Å²) in [7, 11) is 0. The smallest absolute Gasteiger partial charge is 0.258 e. The molecule has 1 aromatic rings. The van der Waals surface area contributed by atoms with Crippen molar-refractivity contribution in [3.8, 4) is 5.75 Å². The van der Waals surface area contributed by atoms with Crippen LogP contribution in [0.1, 0.15) is 49.4 Å². The highest BCUT2D eigenvalue weighted by molar-refractivity contribution is 6.02. The summed E-state index contributed by atoms with van der Waals surface area (Å²) in [6, 6.07) is 6.54. The molecule has 1 N–H and O–H groups in total. The molecule has 8 heteroatoms. The van der Waals surface area contributed by atoms with Gasteiger partial charge in [0.15, 0.2) is 0 Å². The number of likely N-dealkylation sites (tertiary alicyclic amines) is 2. The summed E-state index contributed by atoms with van der Waals surface area (Å²) in [5.41, 5.74) is 0.458. The van der Waals surface area contributed by atoms with Crippen molar-refractivity contribution in [1.29, 1.82) is 0 Å². The number of hydrogen-bond acceptors (Lipinski definition) is 5. The molecule has 1 atom stereocenters. The van der Waals surface area contributed by atoms with E-state index in [0.717, 1.165) is 6.42 Å². The van der Waals surface area contributed by atoms with Crippen molar-refractivity contribution in [2.24, 2.45) is 0 Å². The van der Waals surface area contributed by atoms with Gasteiger partial charge in [-0.15, -0.1) is 0 Å². The Morgan fingerprint density at radius 2 is 1.90 bits per heavy atom. The van der Waals surface area contributed by atoms with E-state index in [1.807, 2.05) is 13.0 Å². The molecule has 0 aliphatic carbocycles. The van der Waals surface area contributed by atoms with Crippen LogP contribution in [-0.2, 0) is 14.4 Å². The fourth-order valence-electron chi connectivity index (χ4n) is 3.80. The van der Waals surface area contributed by atoms with Crippen molar-refractivity contribution >= 4 is 23.6 Å². The van der Waals surface area contributed by atoms with Crippen LogP contribution in [0.2, 0.25) is 0 Å². The normalized spacial score (nSPS) is 19.0. The number of carbonyl (C=O) groups excluding carboxylic acids is 4. The summed E-state index contributed by atoms with van der Waals surface area (Å²) in [4.78, 5) is 51.7. The first-order valence-electron chi connectivity index (χ1n) is 10.2. The molecule has 4 amide bonds. The molecule has 0 spiro atoms. The van der Waals surface area contributed by atoms with E-state index in [1.54, 1.807) is 23.1 Å². The number of para-hydroxylation sites is 1. The Morgan fingerprint density at radius 1 is 1.17 bits per heavy atom. The van der Waals surface area contributed by atoms with Gasteiger partial charge < -0.3 is 15.0 Å². The minimum absolute atomic E-state index is 0.151. The second-order valence-electron chi connectivity index (χ2n) is 7.17. The van der Waals surface area contributed by atoms with Crippen LogP contribution in [0.4, 0.5) is 0 Å². The Balaban J connectivity index is 1.54. The predicted molar refractivity (Wildman–Crippen MR) is 105 cm³/mol. The first-order valence-corrected chi connectivity index (χ1v) is 10.2. The molecule has 0 bridgehead atoms. The van der Waals surface area contributed by atoms with Gasteiger partial charge >= 0.3 is 0 Å². The number of ether oxygens (including phenoxy) is 1. The number of amides is 4. The summed E-state index contributed by atoms with van der Waals surface area (Å²) in [5.74, 6) is -0.196. The van der Waals surface area contributed by atoms with Gasteiger partial charge in [-0.25, -0.2) is 0 Å². The number of imide groups is 1. The molecule has 1 aromatic carbocycles. The van der Waals surface area contributed by atoms with Crippen molar-refractivity contribution in [3.63, 3.8) is 0 Å². The molecule has 2 saturated heterocycles. The molecule has 0 aromatic heterocycles. The second-order valence-corrected chi connectivity index (χ2v) is 7.17. The third-order valence-corrected chi connectivity index (χ3v) is 5.25. The van der Waals surface area contributed by atoms with Crippen LogP contribution in [0, 0.1) is 0 Å². The van der Waals surface area contributed by atoms with Crippen molar-refractivity contribution in [2.45, 2.75) is 45.1 Å². The van der Waals surface area contributed by atoms with E-state index in [9.17, 15) is 19.2 Å². The van der Waals surface area contributed by atoms with Crippen LogP contribution in [0.25, 0.3) is 0 Å². The van der Waals surface area contributed by atoms with Crippen LogP contribution < -0.4 is 10.1 Å². The Kier molecular flexibility index (Phi) is 6.85. The summed E-state index contributed by atoms with van der Waals surface area (Å²) >= 11 is 0. The Morgan fingerprint density at radius 3 is 2.62 bits per heavy atom. The van der Waals surface area contributed by atoms with Gasteiger partial charge in [-0.3, -0.25) is 24.1 Å². The maximum atomic E-state index is 13.0. The fraction of sp³-hybridized carbons (Fsp3) is 0.524. The van der Waals surface area contributed by atoms with E-state index in [1.165, 1.54) is 4.90 Å². The van der Waals surface area contributed by atoms with Gasteiger partial charge in [0.1, 0.15) is 11.8 Å². The molecule has 2 fully saturated rings. The third-order valence-electron chi connectivity index (χ3n) is 5.25. The van der Waals surface area contributed by atoms with Gasteiger partial charge in [0.2, 0.25) is 17.7 Å². The van der Waals surface area contributed by atoms with E-state index < -0.39 is 6.04 Å². The number of benzene rings is 1. The summed E-state index contributed by atoms with van der Waals surface area (Å²) < 4.78 is 5.55.